The van der Waals surface area contributed by atoms with Crippen molar-refractivity contribution in [1.82, 2.24) is 19.7 Å². The second-order valence-corrected chi connectivity index (χ2v) is 6.94. The van der Waals surface area contributed by atoms with E-state index in [1.165, 1.54) is 16.8 Å². The Morgan fingerprint density at radius 1 is 1.28 bits per heavy atom. The first kappa shape index (κ1) is 19.4. The van der Waals surface area contributed by atoms with Crippen molar-refractivity contribution in [3.63, 3.8) is 0 Å². The smallest absolute Gasteiger partial charge is 0.390 e. The van der Waals surface area contributed by atoms with E-state index in [2.05, 4.69) is 15.1 Å². The highest BCUT2D eigenvalue weighted by Gasteiger charge is 2.31. The number of hydrogen-bond acceptors (Lipinski definition) is 5. The fourth-order valence-corrected chi connectivity index (χ4v) is 3.32. The highest BCUT2D eigenvalue weighted by Crippen LogP contribution is 2.31. The molecule has 0 bridgehead atoms. The molecule has 3 aromatic rings. The summed E-state index contributed by atoms with van der Waals surface area (Å²) in [5, 5.41) is 13.9. The molecule has 4 rings (SSSR count). The number of H-pyrrole nitrogens is 1. The van der Waals surface area contributed by atoms with Crippen LogP contribution in [0.4, 0.5) is 23.5 Å². The molecule has 0 aliphatic carbocycles. The van der Waals surface area contributed by atoms with Gasteiger partial charge in [0.1, 0.15) is 17.3 Å². The third kappa shape index (κ3) is 3.35. The van der Waals surface area contributed by atoms with Crippen molar-refractivity contribution < 1.29 is 22.7 Å². The number of aromatic nitrogens is 4. The highest BCUT2D eigenvalue weighted by atomic mass is 19.4. The number of nitrogens with zero attached hydrogens (tertiary/aromatic N) is 4. The summed E-state index contributed by atoms with van der Waals surface area (Å²) in [5.41, 5.74) is -0.510. The molecule has 11 heteroatoms. The van der Waals surface area contributed by atoms with Gasteiger partial charge in [-0.3, -0.25) is 9.78 Å². The molecule has 0 unspecified atom stereocenters. The van der Waals surface area contributed by atoms with E-state index in [1.807, 2.05) is 0 Å². The number of aromatic amines is 1. The molecule has 1 aliphatic rings. The fraction of sp³-hybridized carbons (Fsp3) is 0.389. The molecule has 1 saturated heterocycles. The minimum Gasteiger partial charge on any atom is -0.390 e. The molecule has 29 heavy (non-hydrogen) atoms. The van der Waals surface area contributed by atoms with E-state index in [0.717, 1.165) is 12.1 Å². The van der Waals surface area contributed by atoms with E-state index in [9.17, 15) is 27.5 Å². The second kappa shape index (κ2) is 6.83. The maximum absolute atomic E-state index is 13.2. The standard InChI is InChI=1S/C18H17F4N5O2/c1-9(10-2-4-11(5-3-10)18(20,21)22)27-15-14(13(8-28)25-27)16(29)24-17(23-15)26-6-12(19)7-26/h2-5,9,12,28H,6-8H2,1H3,(H,23,24,29)/t9-/m0/s1. The lowest BCUT2D eigenvalue weighted by atomic mass is 10.1. The maximum atomic E-state index is 13.2. The lowest BCUT2D eigenvalue weighted by molar-refractivity contribution is -0.137. The van der Waals surface area contributed by atoms with Gasteiger partial charge in [-0.1, -0.05) is 12.1 Å². The average Bonchev–Trinajstić information content (AvgIpc) is 3.03. The number of benzene rings is 1. The Bertz CT molecular complexity index is 1100. The molecule has 1 atom stereocenters. The predicted molar refractivity (Wildman–Crippen MR) is 96.4 cm³/mol. The van der Waals surface area contributed by atoms with Gasteiger partial charge < -0.3 is 10.0 Å². The van der Waals surface area contributed by atoms with Gasteiger partial charge in [0, 0.05) is 0 Å². The second-order valence-electron chi connectivity index (χ2n) is 6.94. The highest BCUT2D eigenvalue weighted by molar-refractivity contribution is 5.78. The Morgan fingerprint density at radius 3 is 2.48 bits per heavy atom. The predicted octanol–water partition coefficient (Wildman–Crippen LogP) is 2.40. The van der Waals surface area contributed by atoms with Gasteiger partial charge in [-0.25, -0.2) is 9.07 Å². The van der Waals surface area contributed by atoms with E-state index in [-0.39, 0.29) is 35.8 Å². The van der Waals surface area contributed by atoms with E-state index >= 15 is 0 Å². The molecule has 154 valence electrons. The Kier molecular flexibility index (Phi) is 4.56. The Hall–Kier alpha value is -2.95. The summed E-state index contributed by atoms with van der Waals surface area (Å²) >= 11 is 0. The molecular formula is C18H17F4N5O2. The summed E-state index contributed by atoms with van der Waals surface area (Å²) in [5.74, 6) is 0.182. The number of alkyl halides is 4. The summed E-state index contributed by atoms with van der Waals surface area (Å²) in [6.07, 6.45) is -5.44. The van der Waals surface area contributed by atoms with Crippen LogP contribution in [0.3, 0.4) is 0 Å². The van der Waals surface area contributed by atoms with Gasteiger partial charge in [0.05, 0.1) is 31.3 Å². The SMILES string of the molecule is C[C@@H](c1ccc(C(F)(F)F)cc1)n1nc(CO)c2c(=O)[nH]c(N3CC(F)C3)nc21. The summed E-state index contributed by atoms with van der Waals surface area (Å²) in [7, 11) is 0. The minimum atomic E-state index is -4.44. The molecule has 2 N–H and O–H groups in total. The molecule has 0 amide bonds. The van der Waals surface area contributed by atoms with Gasteiger partial charge in [-0.15, -0.1) is 0 Å². The summed E-state index contributed by atoms with van der Waals surface area (Å²) in [6, 6.07) is 4.04. The van der Waals surface area contributed by atoms with Crippen molar-refractivity contribution in [2.24, 2.45) is 0 Å². The summed E-state index contributed by atoms with van der Waals surface area (Å²) in [4.78, 5) is 21.0. The van der Waals surface area contributed by atoms with Crippen LogP contribution < -0.4 is 10.5 Å². The van der Waals surface area contributed by atoms with Gasteiger partial charge in [-0.05, 0) is 24.6 Å². The molecule has 0 spiro atoms. The minimum absolute atomic E-state index is 0.0901. The number of nitrogens with one attached hydrogen (secondary N) is 1. The first-order valence-electron chi connectivity index (χ1n) is 8.87. The molecule has 1 aliphatic heterocycles. The maximum Gasteiger partial charge on any atom is 0.416 e. The molecule has 1 aromatic carbocycles. The number of anilines is 1. The zero-order chi connectivity index (χ0) is 20.9. The average molecular weight is 411 g/mol. The molecule has 0 saturated carbocycles. The normalized spacial score (nSPS) is 16.3. The van der Waals surface area contributed by atoms with Crippen LogP contribution in [0.15, 0.2) is 29.1 Å². The van der Waals surface area contributed by atoms with Crippen LogP contribution in [0.25, 0.3) is 11.0 Å². The van der Waals surface area contributed by atoms with Crippen molar-refractivity contribution in [2.45, 2.75) is 31.9 Å². The van der Waals surface area contributed by atoms with E-state index in [4.69, 9.17) is 0 Å². The van der Waals surface area contributed by atoms with Crippen LogP contribution in [0, 0.1) is 0 Å². The quantitative estimate of drug-likeness (QED) is 0.644. The number of aliphatic hydroxyl groups excluding tert-OH is 1. The van der Waals surface area contributed by atoms with Crippen LogP contribution >= 0.6 is 0 Å². The number of aliphatic hydroxyl groups is 1. The lowest BCUT2D eigenvalue weighted by Gasteiger charge is -2.34. The molecule has 3 heterocycles. The van der Waals surface area contributed by atoms with E-state index in [0.29, 0.717) is 5.56 Å². The lowest BCUT2D eigenvalue weighted by Crippen LogP contribution is -2.49. The number of halogens is 4. The van der Waals surface area contributed by atoms with Gasteiger partial charge in [0.15, 0.2) is 5.65 Å². The topological polar surface area (TPSA) is 87.0 Å². The van der Waals surface area contributed by atoms with Crippen molar-refractivity contribution in [3.05, 3.63) is 51.4 Å². The molecule has 7 nitrogen and oxygen atoms in total. The zero-order valence-corrected chi connectivity index (χ0v) is 15.2. The first-order valence-corrected chi connectivity index (χ1v) is 8.87. The number of rotatable bonds is 4. The number of fused-ring (bicyclic) bond motifs is 1. The van der Waals surface area contributed by atoms with Crippen molar-refractivity contribution in [1.29, 1.82) is 0 Å². The molecule has 0 radical (unpaired) electrons. The van der Waals surface area contributed by atoms with Crippen LogP contribution in [-0.2, 0) is 12.8 Å². The monoisotopic (exact) mass is 411 g/mol. The van der Waals surface area contributed by atoms with Crippen LogP contribution in [0.2, 0.25) is 0 Å². The van der Waals surface area contributed by atoms with Crippen LogP contribution in [0.5, 0.6) is 0 Å². The fourth-order valence-electron chi connectivity index (χ4n) is 3.32. The van der Waals surface area contributed by atoms with Crippen molar-refractivity contribution in [3.8, 4) is 0 Å². The van der Waals surface area contributed by atoms with Crippen molar-refractivity contribution >= 4 is 17.0 Å². The van der Waals surface area contributed by atoms with Gasteiger partial charge >= 0.3 is 6.18 Å². The number of hydrogen-bond donors (Lipinski definition) is 2. The first-order chi connectivity index (χ1) is 13.7. The third-order valence-electron chi connectivity index (χ3n) is 5.00. The molecular weight excluding hydrogens is 394 g/mol. The van der Waals surface area contributed by atoms with Crippen LogP contribution in [0.1, 0.15) is 29.8 Å². The van der Waals surface area contributed by atoms with Crippen molar-refractivity contribution in [2.75, 3.05) is 18.0 Å². The summed E-state index contributed by atoms with van der Waals surface area (Å²) < 4.78 is 53.0. The third-order valence-corrected chi connectivity index (χ3v) is 5.00. The van der Waals surface area contributed by atoms with E-state index < -0.39 is 36.1 Å². The zero-order valence-electron chi connectivity index (χ0n) is 15.2. The Labute approximate surface area is 161 Å². The van der Waals surface area contributed by atoms with E-state index in [1.54, 1.807) is 11.8 Å². The Balaban J connectivity index is 1.79. The largest absolute Gasteiger partial charge is 0.416 e. The molecule has 1 fully saturated rings. The summed E-state index contributed by atoms with van der Waals surface area (Å²) in [6.45, 7) is 1.39. The van der Waals surface area contributed by atoms with Gasteiger partial charge in [-0.2, -0.15) is 23.3 Å². The van der Waals surface area contributed by atoms with Crippen LogP contribution in [-0.4, -0.2) is 44.1 Å². The van der Waals surface area contributed by atoms with Gasteiger partial charge in [0.2, 0.25) is 5.95 Å². The molecule has 2 aromatic heterocycles. The van der Waals surface area contributed by atoms with Gasteiger partial charge in [0.25, 0.3) is 5.56 Å². The Morgan fingerprint density at radius 2 is 1.93 bits per heavy atom.